The summed E-state index contributed by atoms with van der Waals surface area (Å²) in [5.41, 5.74) is 2.85. The number of aryl methyl sites for hydroxylation is 2. The van der Waals surface area contributed by atoms with Gasteiger partial charge in [-0.3, -0.25) is 0 Å². The van der Waals surface area contributed by atoms with Crippen LogP contribution in [0.2, 0.25) is 0 Å². The molecule has 0 N–H and O–H groups in total. The molecule has 0 atom stereocenters. The lowest BCUT2D eigenvalue weighted by atomic mass is 10.0. The molecule has 39 heavy (non-hydrogen) atoms. The van der Waals surface area contributed by atoms with E-state index in [2.05, 4.69) is 115 Å². The molecule has 0 amide bonds. The Balaban J connectivity index is 0.00000353. The Hall–Kier alpha value is -3.19. The zero-order valence-corrected chi connectivity index (χ0v) is 24.8. The predicted octanol–water partition coefficient (Wildman–Crippen LogP) is 4.63. The van der Waals surface area contributed by atoms with Crippen molar-refractivity contribution in [3.8, 4) is 5.75 Å². The van der Waals surface area contributed by atoms with Crippen LogP contribution >= 0.6 is 7.26 Å². The summed E-state index contributed by atoms with van der Waals surface area (Å²) >= 11 is 0. The molecular formula is C36H36BrOP. The second kappa shape index (κ2) is 14.8. The van der Waals surface area contributed by atoms with Crippen molar-refractivity contribution >= 4 is 23.2 Å². The Kier molecular flexibility index (Phi) is 11.0. The van der Waals surface area contributed by atoms with Gasteiger partial charge >= 0.3 is 0 Å². The fraction of sp³-hybridized carbons (Fsp3) is 0.167. The summed E-state index contributed by atoms with van der Waals surface area (Å²) in [6.07, 6.45) is 5.44. The summed E-state index contributed by atoms with van der Waals surface area (Å²) in [5, 5.41) is 4.35. The molecule has 5 aromatic carbocycles. The summed E-state index contributed by atoms with van der Waals surface area (Å²) in [7, 11) is -1.81. The van der Waals surface area contributed by atoms with E-state index in [0.29, 0.717) is 0 Å². The number of hydrogen-bond donors (Lipinski definition) is 0. The molecule has 0 radical (unpaired) electrons. The first-order chi connectivity index (χ1) is 18.8. The molecule has 0 unspecified atom stereocenters. The normalized spacial score (nSPS) is 11.0. The van der Waals surface area contributed by atoms with Gasteiger partial charge in [-0.1, -0.05) is 97.1 Å². The Morgan fingerprint density at radius 2 is 0.923 bits per heavy atom. The van der Waals surface area contributed by atoms with Gasteiger partial charge in [-0.2, -0.15) is 0 Å². The van der Waals surface area contributed by atoms with Crippen LogP contribution in [0.15, 0.2) is 146 Å². The molecule has 0 saturated heterocycles. The van der Waals surface area contributed by atoms with Crippen LogP contribution in [-0.2, 0) is 12.8 Å². The number of unbranched alkanes of at least 4 members (excludes halogenated alkanes) is 1. The largest absolute Gasteiger partial charge is 1.00 e. The van der Waals surface area contributed by atoms with Crippen LogP contribution < -0.4 is 37.6 Å². The van der Waals surface area contributed by atoms with Crippen molar-refractivity contribution in [3.05, 3.63) is 157 Å². The zero-order valence-electron chi connectivity index (χ0n) is 22.3. The number of rotatable bonds is 12. The smallest absolute Gasteiger partial charge is 0.119 e. The molecule has 0 aliphatic carbocycles. The molecule has 0 spiro atoms. The molecule has 198 valence electrons. The van der Waals surface area contributed by atoms with Crippen molar-refractivity contribution in [2.75, 3.05) is 12.8 Å². The lowest BCUT2D eigenvalue weighted by molar-refractivity contribution is -0.00000793. The summed E-state index contributed by atoms with van der Waals surface area (Å²) in [4.78, 5) is 0. The maximum Gasteiger partial charge on any atom is 0.119 e. The van der Waals surface area contributed by atoms with Gasteiger partial charge in [-0.25, -0.2) is 0 Å². The number of halogens is 1. The van der Waals surface area contributed by atoms with E-state index in [1.807, 2.05) is 30.3 Å². The minimum atomic E-state index is -1.81. The van der Waals surface area contributed by atoms with Crippen molar-refractivity contribution < 1.29 is 21.7 Å². The number of para-hydroxylation sites is 1. The quantitative estimate of drug-likeness (QED) is 0.151. The van der Waals surface area contributed by atoms with Crippen molar-refractivity contribution in [3.63, 3.8) is 0 Å². The predicted molar refractivity (Wildman–Crippen MR) is 165 cm³/mol. The van der Waals surface area contributed by atoms with Crippen LogP contribution in [0.1, 0.15) is 24.0 Å². The average Bonchev–Trinajstić information content (AvgIpc) is 3.00. The highest BCUT2D eigenvalue weighted by Crippen LogP contribution is 2.55. The summed E-state index contributed by atoms with van der Waals surface area (Å²) in [6.45, 7) is 0.766. The Morgan fingerprint density at radius 3 is 1.44 bits per heavy atom. The third kappa shape index (κ3) is 7.47. The molecule has 0 heterocycles. The highest BCUT2D eigenvalue weighted by atomic mass is 79.9. The molecule has 0 saturated carbocycles. The molecule has 5 rings (SSSR count). The fourth-order valence-electron chi connectivity index (χ4n) is 5.26. The van der Waals surface area contributed by atoms with Crippen LogP contribution in [0.4, 0.5) is 0 Å². The molecule has 0 aromatic heterocycles. The molecule has 3 heteroatoms. The summed E-state index contributed by atoms with van der Waals surface area (Å²) in [6, 6.07) is 52.9. The van der Waals surface area contributed by atoms with Crippen molar-refractivity contribution in [2.24, 2.45) is 0 Å². The first kappa shape index (κ1) is 28.8. The zero-order chi connectivity index (χ0) is 25.9. The average molecular weight is 596 g/mol. The van der Waals surface area contributed by atoms with Gasteiger partial charge in [0.1, 0.15) is 28.9 Å². The van der Waals surface area contributed by atoms with E-state index in [4.69, 9.17) is 4.74 Å². The molecule has 5 aromatic rings. The Labute approximate surface area is 245 Å². The monoisotopic (exact) mass is 594 g/mol. The Morgan fingerprint density at radius 1 is 0.462 bits per heavy atom. The topological polar surface area (TPSA) is 9.23 Å². The van der Waals surface area contributed by atoms with E-state index in [1.165, 1.54) is 27.0 Å². The van der Waals surface area contributed by atoms with Crippen LogP contribution in [-0.4, -0.2) is 12.8 Å². The highest BCUT2D eigenvalue weighted by molar-refractivity contribution is 7.95. The van der Waals surface area contributed by atoms with Crippen LogP contribution in [0.25, 0.3) is 0 Å². The third-order valence-electron chi connectivity index (χ3n) is 7.19. The van der Waals surface area contributed by atoms with Gasteiger partial charge in [-0.15, -0.1) is 0 Å². The van der Waals surface area contributed by atoms with Crippen molar-refractivity contribution in [2.45, 2.75) is 25.7 Å². The van der Waals surface area contributed by atoms with Gasteiger partial charge in [0, 0.05) is 6.42 Å². The first-order valence-corrected chi connectivity index (χ1v) is 15.6. The van der Waals surface area contributed by atoms with Crippen molar-refractivity contribution in [1.82, 2.24) is 0 Å². The number of hydrogen-bond acceptors (Lipinski definition) is 1. The summed E-state index contributed by atoms with van der Waals surface area (Å²) in [5.74, 6) is 0.955. The Bertz CT molecular complexity index is 1280. The van der Waals surface area contributed by atoms with Gasteiger partial charge in [0.05, 0.1) is 12.8 Å². The van der Waals surface area contributed by atoms with E-state index in [-0.39, 0.29) is 17.0 Å². The minimum absolute atomic E-state index is 0. The van der Waals surface area contributed by atoms with Crippen LogP contribution in [0, 0.1) is 0 Å². The molecular weight excluding hydrogens is 559 g/mol. The van der Waals surface area contributed by atoms with Gasteiger partial charge in [0.15, 0.2) is 0 Å². The minimum Gasteiger partial charge on any atom is -1.00 e. The lowest BCUT2D eigenvalue weighted by Crippen LogP contribution is -3.00. The fourth-order valence-corrected chi connectivity index (χ4v) is 9.56. The van der Waals surface area contributed by atoms with E-state index >= 15 is 0 Å². The van der Waals surface area contributed by atoms with Crippen LogP contribution in [0.3, 0.4) is 0 Å². The molecule has 1 nitrogen and oxygen atoms in total. The molecule has 0 aliphatic heterocycles. The third-order valence-corrected chi connectivity index (χ3v) is 11.6. The highest BCUT2D eigenvalue weighted by Gasteiger charge is 2.44. The van der Waals surface area contributed by atoms with E-state index in [1.54, 1.807) is 0 Å². The maximum atomic E-state index is 5.87. The van der Waals surface area contributed by atoms with Crippen molar-refractivity contribution in [1.29, 1.82) is 0 Å². The van der Waals surface area contributed by atoms with Gasteiger partial charge < -0.3 is 21.7 Å². The second-order valence-electron chi connectivity index (χ2n) is 9.73. The van der Waals surface area contributed by atoms with Crippen LogP contribution in [0.5, 0.6) is 5.75 Å². The van der Waals surface area contributed by atoms with Gasteiger partial charge in [0.25, 0.3) is 0 Å². The first-order valence-electron chi connectivity index (χ1n) is 13.7. The molecule has 0 bridgehead atoms. The molecule has 0 aliphatic rings. The van der Waals surface area contributed by atoms with Gasteiger partial charge in [0.2, 0.25) is 0 Å². The standard InChI is InChI=1S/C36H36OP.BrH/c1-5-19-33(20-6-1)37-28-14-13-16-31-17-15-18-32(30-31)27-29-38(34-21-7-2-8-22-34,35-23-9-3-10-24-35)36-25-11-4-12-26-36;/h1-12,15,17-26,30H,13-14,16,27-29H2;1H/q+1;/p-1. The number of benzene rings is 5. The number of ether oxygens (including phenoxy) is 1. The summed E-state index contributed by atoms with van der Waals surface area (Å²) < 4.78 is 5.87. The van der Waals surface area contributed by atoms with Gasteiger partial charge in [-0.05, 0) is 78.9 Å². The second-order valence-corrected chi connectivity index (χ2v) is 13.3. The lowest BCUT2D eigenvalue weighted by Gasteiger charge is -2.28. The van der Waals surface area contributed by atoms with E-state index < -0.39 is 7.26 Å². The van der Waals surface area contributed by atoms with E-state index in [0.717, 1.165) is 44.2 Å². The maximum absolute atomic E-state index is 5.87. The SMILES string of the molecule is [Br-].c1ccc(OCCCCc2cccc(CC[P+](c3ccccc3)(c3ccccc3)c3ccccc3)c2)cc1. The molecule has 0 fully saturated rings. The van der Waals surface area contributed by atoms with E-state index in [9.17, 15) is 0 Å².